The Hall–Kier alpha value is -2.97. The Morgan fingerprint density at radius 1 is 1.25 bits per heavy atom. The highest BCUT2D eigenvalue weighted by Crippen LogP contribution is 2.36. The Morgan fingerprint density at radius 3 is 2.75 bits per heavy atom. The van der Waals surface area contributed by atoms with Crippen molar-refractivity contribution in [2.45, 2.75) is 13.8 Å². The SMILES string of the molecule is CCOC(=O)c1cc(-c2ccccc2)sc1NC(=O)c1cn2c(C)csc2n1. The van der Waals surface area contributed by atoms with E-state index in [1.807, 2.05) is 47.0 Å². The number of aromatic nitrogens is 2. The quantitative estimate of drug-likeness (QED) is 0.476. The number of aryl methyl sites for hydroxylation is 1. The molecule has 3 heterocycles. The van der Waals surface area contributed by atoms with Crippen LogP contribution in [0.15, 0.2) is 48.0 Å². The van der Waals surface area contributed by atoms with Crippen molar-refractivity contribution < 1.29 is 14.3 Å². The zero-order valence-electron chi connectivity index (χ0n) is 15.3. The average molecular weight is 412 g/mol. The number of anilines is 1. The summed E-state index contributed by atoms with van der Waals surface area (Å²) in [5.74, 6) is -0.819. The lowest BCUT2D eigenvalue weighted by Crippen LogP contribution is -2.14. The molecule has 8 heteroatoms. The summed E-state index contributed by atoms with van der Waals surface area (Å²) in [6.07, 6.45) is 1.70. The molecular weight excluding hydrogens is 394 g/mol. The molecule has 4 rings (SSSR count). The minimum atomic E-state index is -0.460. The van der Waals surface area contributed by atoms with Gasteiger partial charge in [0.2, 0.25) is 0 Å². The summed E-state index contributed by atoms with van der Waals surface area (Å²) in [5.41, 5.74) is 2.63. The van der Waals surface area contributed by atoms with Crippen molar-refractivity contribution in [1.82, 2.24) is 9.38 Å². The van der Waals surface area contributed by atoms with Crippen LogP contribution in [0.1, 0.15) is 33.5 Å². The van der Waals surface area contributed by atoms with Crippen LogP contribution >= 0.6 is 22.7 Å². The van der Waals surface area contributed by atoms with Crippen LogP contribution < -0.4 is 5.32 Å². The number of thiophene rings is 1. The van der Waals surface area contributed by atoms with E-state index < -0.39 is 5.97 Å². The molecule has 0 bridgehead atoms. The van der Waals surface area contributed by atoms with Gasteiger partial charge in [-0.2, -0.15) is 0 Å². The van der Waals surface area contributed by atoms with Crippen LogP contribution in [0.4, 0.5) is 5.00 Å². The first-order valence-corrected chi connectivity index (χ1v) is 10.4. The topological polar surface area (TPSA) is 72.7 Å². The third-order valence-electron chi connectivity index (χ3n) is 4.13. The van der Waals surface area contributed by atoms with Crippen molar-refractivity contribution in [3.8, 4) is 10.4 Å². The Kier molecular flexibility index (Phi) is 4.97. The first kappa shape index (κ1) is 18.4. The van der Waals surface area contributed by atoms with Gasteiger partial charge in [0.15, 0.2) is 4.96 Å². The molecule has 0 aliphatic rings. The molecule has 0 spiro atoms. The second-order valence-corrected chi connectivity index (χ2v) is 7.94. The van der Waals surface area contributed by atoms with E-state index >= 15 is 0 Å². The lowest BCUT2D eigenvalue weighted by Gasteiger charge is -2.04. The first-order chi connectivity index (χ1) is 13.6. The van der Waals surface area contributed by atoms with Gasteiger partial charge >= 0.3 is 5.97 Å². The molecule has 142 valence electrons. The number of nitrogens with one attached hydrogen (secondary N) is 1. The molecule has 4 aromatic rings. The summed E-state index contributed by atoms with van der Waals surface area (Å²) < 4.78 is 7.03. The third kappa shape index (κ3) is 3.44. The molecule has 3 aromatic heterocycles. The molecule has 0 radical (unpaired) electrons. The molecule has 0 aliphatic heterocycles. The second-order valence-electron chi connectivity index (χ2n) is 6.05. The summed E-state index contributed by atoms with van der Waals surface area (Å²) in [4.78, 5) is 31.1. The number of carbonyl (C=O) groups excluding carboxylic acids is 2. The Labute approximate surface area is 169 Å². The van der Waals surface area contributed by atoms with Crippen LogP contribution in [0.2, 0.25) is 0 Å². The van der Waals surface area contributed by atoms with E-state index in [0.29, 0.717) is 16.3 Å². The van der Waals surface area contributed by atoms with Crippen LogP contribution in [-0.2, 0) is 4.74 Å². The van der Waals surface area contributed by atoms with Crippen LogP contribution in [0.3, 0.4) is 0 Å². The van der Waals surface area contributed by atoms with Crippen molar-refractivity contribution in [2.75, 3.05) is 11.9 Å². The molecule has 1 N–H and O–H groups in total. The summed E-state index contributed by atoms with van der Waals surface area (Å²) in [6, 6.07) is 11.5. The molecule has 28 heavy (non-hydrogen) atoms. The van der Waals surface area contributed by atoms with Gasteiger partial charge in [-0.3, -0.25) is 9.20 Å². The van der Waals surface area contributed by atoms with E-state index in [4.69, 9.17) is 4.74 Å². The van der Waals surface area contributed by atoms with Crippen LogP contribution in [-0.4, -0.2) is 27.9 Å². The predicted octanol–water partition coefficient (Wildman–Crippen LogP) is 4.86. The number of hydrogen-bond acceptors (Lipinski definition) is 6. The number of rotatable bonds is 5. The van der Waals surface area contributed by atoms with Crippen LogP contribution in [0.5, 0.6) is 0 Å². The predicted molar refractivity (Wildman–Crippen MR) is 111 cm³/mol. The maximum atomic E-state index is 12.7. The van der Waals surface area contributed by atoms with Gasteiger partial charge in [-0.1, -0.05) is 30.3 Å². The van der Waals surface area contributed by atoms with Gasteiger partial charge < -0.3 is 10.1 Å². The van der Waals surface area contributed by atoms with Gasteiger partial charge in [0.1, 0.15) is 10.7 Å². The highest BCUT2D eigenvalue weighted by Gasteiger charge is 2.21. The molecular formula is C20H17N3O3S2. The number of nitrogens with zero attached hydrogens (tertiary/aromatic N) is 2. The minimum Gasteiger partial charge on any atom is -0.462 e. The Balaban J connectivity index is 1.67. The number of hydrogen-bond donors (Lipinski definition) is 1. The number of ether oxygens (including phenoxy) is 1. The van der Waals surface area contributed by atoms with Crippen molar-refractivity contribution in [2.24, 2.45) is 0 Å². The zero-order chi connectivity index (χ0) is 19.7. The summed E-state index contributed by atoms with van der Waals surface area (Å²) in [5, 5.41) is 5.27. The zero-order valence-corrected chi connectivity index (χ0v) is 16.9. The standard InChI is InChI=1S/C20H17N3O3S2/c1-3-26-19(25)14-9-16(13-7-5-4-6-8-13)28-18(14)22-17(24)15-10-23-12(2)11-27-20(23)21-15/h4-11H,3H2,1-2H3,(H,22,24). The van der Waals surface area contributed by atoms with Gasteiger partial charge in [-0.25, -0.2) is 9.78 Å². The van der Waals surface area contributed by atoms with Gasteiger partial charge in [0, 0.05) is 22.1 Å². The smallest absolute Gasteiger partial charge is 0.341 e. The molecule has 0 unspecified atom stereocenters. The first-order valence-electron chi connectivity index (χ1n) is 8.67. The number of amides is 1. The lowest BCUT2D eigenvalue weighted by molar-refractivity contribution is 0.0528. The van der Waals surface area contributed by atoms with E-state index in [1.165, 1.54) is 22.7 Å². The van der Waals surface area contributed by atoms with E-state index in [9.17, 15) is 9.59 Å². The number of benzene rings is 1. The molecule has 1 amide bonds. The minimum absolute atomic E-state index is 0.263. The third-order valence-corrected chi connectivity index (χ3v) is 6.19. The van der Waals surface area contributed by atoms with Crippen molar-refractivity contribution in [3.63, 3.8) is 0 Å². The monoisotopic (exact) mass is 411 g/mol. The fraction of sp³-hybridized carbons (Fsp3) is 0.150. The number of carbonyl (C=O) groups is 2. The van der Waals surface area contributed by atoms with Crippen LogP contribution in [0, 0.1) is 6.92 Å². The summed E-state index contributed by atoms with van der Waals surface area (Å²) in [6.45, 7) is 3.97. The van der Waals surface area contributed by atoms with E-state index in [-0.39, 0.29) is 12.5 Å². The molecule has 0 aliphatic carbocycles. The fourth-order valence-corrected chi connectivity index (χ4v) is 4.66. The number of thiazole rings is 1. The van der Waals surface area contributed by atoms with Gasteiger partial charge in [0.25, 0.3) is 5.91 Å². The maximum absolute atomic E-state index is 12.7. The summed E-state index contributed by atoms with van der Waals surface area (Å²) >= 11 is 2.81. The van der Waals surface area contributed by atoms with Gasteiger partial charge in [-0.15, -0.1) is 22.7 Å². The van der Waals surface area contributed by atoms with Crippen molar-refractivity contribution >= 4 is 44.5 Å². The molecule has 0 fully saturated rings. The van der Waals surface area contributed by atoms with Crippen LogP contribution in [0.25, 0.3) is 15.4 Å². The molecule has 1 aromatic carbocycles. The van der Waals surface area contributed by atoms with Gasteiger partial charge in [-0.05, 0) is 25.5 Å². The Morgan fingerprint density at radius 2 is 2.04 bits per heavy atom. The summed E-state index contributed by atoms with van der Waals surface area (Å²) in [7, 11) is 0. The number of imidazole rings is 1. The van der Waals surface area contributed by atoms with E-state index in [1.54, 1.807) is 19.2 Å². The molecule has 0 saturated carbocycles. The maximum Gasteiger partial charge on any atom is 0.341 e. The lowest BCUT2D eigenvalue weighted by atomic mass is 10.1. The van der Waals surface area contributed by atoms with E-state index in [2.05, 4.69) is 10.3 Å². The van der Waals surface area contributed by atoms with Crippen molar-refractivity contribution in [1.29, 1.82) is 0 Å². The Bertz CT molecular complexity index is 1160. The highest BCUT2D eigenvalue weighted by molar-refractivity contribution is 7.20. The molecule has 0 atom stereocenters. The molecule has 6 nitrogen and oxygen atoms in total. The van der Waals surface area contributed by atoms with Gasteiger partial charge in [0.05, 0.1) is 12.2 Å². The fourth-order valence-electron chi connectivity index (χ4n) is 2.76. The number of fused-ring (bicyclic) bond motifs is 1. The van der Waals surface area contributed by atoms with E-state index in [0.717, 1.165) is 21.1 Å². The largest absolute Gasteiger partial charge is 0.462 e. The van der Waals surface area contributed by atoms with Crippen molar-refractivity contribution in [3.05, 3.63) is 64.9 Å². The highest BCUT2D eigenvalue weighted by atomic mass is 32.1. The molecule has 0 saturated heterocycles. The second kappa shape index (κ2) is 7.57. The number of esters is 1. The normalized spacial score (nSPS) is 10.9. The average Bonchev–Trinajstić information content (AvgIpc) is 3.39.